The van der Waals surface area contributed by atoms with E-state index in [1.54, 1.807) is 6.92 Å². The maximum Gasteiger partial charge on any atom is 0.328 e. The minimum atomic E-state index is -0.361. The molecule has 0 saturated carbocycles. The Morgan fingerprint density at radius 1 is 1.26 bits per heavy atom. The number of nitrogens with one attached hydrogen (secondary N) is 2. The summed E-state index contributed by atoms with van der Waals surface area (Å²) in [5.41, 5.74) is 2.00. The molecule has 0 saturated heterocycles. The second kappa shape index (κ2) is 6.54. The van der Waals surface area contributed by atoms with E-state index in [1.165, 1.54) is 10.6 Å². The molecule has 0 aromatic carbocycles. The van der Waals surface area contributed by atoms with Crippen LogP contribution in [0.15, 0.2) is 21.7 Å². The van der Waals surface area contributed by atoms with E-state index >= 15 is 0 Å². The van der Waals surface area contributed by atoms with Crippen LogP contribution in [0.5, 0.6) is 0 Å². The van der Waals surface area contributed by atoms with Gasteiger partial charge in [0, 0.05) is 42.5 Å². The van der Waals surface area contributed by atoms with E-state index in [1.807, 2.05) is 11.9 Å². The Morgan fingerprint density at radius 2 is 1.96 bits per heavy atom. The number of hydrogen-bond acceptors (Lipinski definition) is 4. The van der Waals surface area contributed by atoms with Crippen molar-refractivity contribution in [3.63, 3.8) is 0 Å². The van der Waals surface area contributed by atoms with Crippen molar-refractivity contribution in [2.45, 2.75) is 46.2 Å². The van der Waals surface area contributed by atoms with E-state index < -0.39 is 0 Å². The first-order chi connectivity index (χ1) is 10.7. The van der Waals surface area contributed by atoms with Crippen molar-refractivity contribution in [3.8, 4) is 0 Å². The predicted molar refractivity (Wildman–Crippen MR) is 89.7 cm³/mol. The molecule has 2 rings (SSSR count). The van der Waals surface area contributed by atoms with Gasteiger partial charge in [0.15, 0.2) is 0 Å². The maximum absolute atomic E-state index is 11.9. The molecular weight excluding hydrogens is 294 g/mol. The highest BCUT2D eigenvalue weighted by Crippen LogP contribution is 2.20. The maximum atomic E-state index is 11.9. The van der Waals surface area contributed by atoms with Crippen LogP contribution in [0.3, 0.4) is 0 Å². The lowest BCUT2D eigenvalue weighted by Crippen LogP contribution is -2.38. The Kier molecular flexibility index (Phi) is 4.89. The zero-order valence-corrected chi connectivity index (χ0v) is 14.4. The van der Waals surface area contributed by atoms with Crippen LogP contribution in [0.2, 0.25) is 0 Å². The molecule has 0 radical (unpaired) electrons. The summed E-state index contributed by atoms with van der Waals surface area (Å²) in [6, 6.07) is 3.49. The van der Waals surface area contributed by atoms with E-state index in [4.69, 9.17) is 0 Å². The van der Waals surface area contributed by atoms with E-state index in [-0.39, 0.29) is 16.7 Å². The van der Waals surface area contributed by atoms with E-state index in [0.29, 0.717) is 25.3 Å². The van der Waals surface area contributed by atoms with Crippen LogP contribution in [-0.2, 0) is 18.5 Å². The normalized spacial score (nSPS) is 12.1. The average molecular weight is 319 g/mol. The number of likely N-dealkylation sites (N-methyl/N-ethyl adjacent to an activating group) is 1. The molecule has 0 fully saturated rings. The molecule has 2 N–H and O–H groups in total. The highest BCUT2D eigenvalue weighted by molar-refractivity contribution is 5.16. The van der Waals surface area contributed by atoms with Gasteiger partial charge in [0.05, 0.1) is 5.69 Å². The van der Waals surface area contributed by atoms with Crippen molar-refractivity contribution in [3.05, 3.63) is 50.1 Å². The van der Waals surface area contributed by atoms with Gasteiger partial charge < -0.3 is 4.98 Å². The van der Waals surface area contributed by atoms with Gasteiger partial charge in [-0.1, -0.05) is 20.8 Å². The van der Waals surface area contributed by atoms with Crippen LogP contribution in [-0.4, -0.2) is 38.2 Å². The highest BCUT2D eigenvalue weighted by atomic mass is 16.2. The SMILES string of the molecule is Cc1cc(=O)n(CCN(C)Cc2cc(C(C)(C)C)n[nH]2)c(=O)[nH]1. The minimum absolute atomic E-state index is 0.00975. The smallest absolute Gasteiger partial charge is 0.311 e. The summed E-state index contributed by atoms with van der Waals surface area (Å²) >= 11 is 0. The lowest BCUT2D eigenvalue weighted by molar-refractivity contribution is 0.303. The molecule has 0 unspecified atom stereocenters. The standard InChI is InChI=1S/C16H25N5O2/c1-11-8-14(22)21(15(23)17-11)7-6-20(5)10-12-9-13(19-18-12)16(2,3)4/h8-9H,6-7,10H2,1-5H3,(H,17,23)(H,18,19). The molecule has 0 aliphatic rings. The first kappa shape index (κ1) is 17.2. The van der Waals surface area contributed by atoms with Gasteiger partial charge in [-0.15, -0.1) is 0 Å². The first-order valence-electron chi connectivity index (χ1n) is 7.71. The largest absolute Gasteiger partial charge is 0.328 e. The third kappa shape index (κ3) is 4.41. The molecule has 2 aromatic rings. The third-order valence-corrected chi connectivity index (χ3v) is 3.70. The van der Waals surface area contributed by atoms with E-state index in [9.17, 15) is 9.59 Å². The number of nitrogens with zero attached hydrogens (tertiary/aromatic N) is 3. The number of aryl methyl sites for hydroxylation is 1. The molecule has 7 heteroatoms. The van der Waals surface area contributed by atoms with Gasteiger partial charge >= 0.3 is 5.69 Å². The number of aromatic nitrogens is 4. The van der Waals surface area contributed by atoms with Gasteiger partial charge in [-0.25, -0.2) is 4.79 Å². The Morgan fingerprint density at radius 3 is 2.52 bits per heavy atom. The van der Waals surface area contributed by atoms with Gasteiger partial charge in [0.2, 0.25) is 0 Å². The molecular formula is C16H25N5O2. The third-order valence-electron chi connectivity index (χ3n) is 3.70. The molecule has 126 valence electrons. The summed E-state index contributed by atoms with van der Waals surface area (Å²) in [5.74, 6) is 0. The molecule has 0 atom stereocenters. The number of rotatable bonds is 5. The fourth-order valence-electron chi connectivity index (χ4n) is 2.31. The lowest BCUT2D eigenvalue weighted by Gasteiger charge is -2.16. The average Bonchev–Trinajstić information content (AvgIpc) is 2.85. The summed E-state index contributed by atoms with van der Waals surface area (Å²) < 4.78 is 1.22. The van der Waals surface area contributed by atoms with Gasteiger partial charge in [-0.3, -0.25) is 19.4 Å². The summed E-state index contributed by atoms with van der Waals surface area (Å²) in [6.45, 7) is 9.68. The molecule has 7 nitrogen and oxygen atoms in total. The quantitative estimate of drug-likeness (QED) is 0.861. The van der Waals surface area contributed by atoms with Crippen molar-refractivity contribution in [2.75, 3.05) is 13.6 Å². The van der Waals surface area contributed by atoms with Crippen LogP contribution in [0.25, 0.3) is 0 Å². The molecule has 2 heterocycles. The van der Waals surface area contributed by atoms with Crippen LogP contribution in [0.4, 0.5) is 0 Å². The molecule has 0 bridgehead atoms. The Labute approximate surface area is 135 Å². The minimum Gasteiger partial charge on any atom is -0.311 e. The van der Waals surface area contributed by atoms with Crippen LogP contribution in [0, 0.1) is 6.92 Å². The number of aromatic amines is 2. The summed E-state index contributed by atoms with van der Waals surface area (Å²) in [4.78, 5) is 28.4. The van der Waals surface area contributed by atoms with Crippen molar-refractivity contribution in [1.82, 2.24) is 24.6 Å². The molecule has 0 amide bonds. The van der Waals surface area contributed by atoms with Crippen LogP contribution in [0.1, 0.15) is 37.9 Å². The van der Waals surface area contributed by atoms with E-state index in [2.05, 4.69) is 42.0 Å². The van der Waals surface area contributed by atoms with Crippen molar-refractivity contribution < 1.29 is 0 Å². The molecule has 23 heavy (non-hydrogen) atoms. The fourth-order valence-corrected chi connectivity index (χ4v) is 2.31. The van der Waals surface area contributed by atoms with Gasteiger partial charge in [0.1, 0.15) is 0 Å². The van der Waals surface area contributed by atoms with Crippen LogP contribution < -0.4 is 11.2 Å². The van der Waals surface area contributed by atoms with Gasteiger partial charge in [-0.05, 0) is 20.0 Å². The Hall–Kier alpha value is -2.15. The summed E-state index contributed by atoms with van der Waals surface area (Å²) in [7, 11) is 1.95. The molecule has 0 aliphatic carbocycles. The first-order valence-corrected chi connectivity index (χ1v) is 7.71. The summed E-state index contributed by atoms with van der Waals surface area (Å²) in [5, 5.41) is 7.38. The second-order valence-electron chi connectivity index (χ2n) is 7.01. The molecule has 0 spiro atoms. The molecule has 2 aromatic heterocycles. The van der Waals surface area contributed by atoms with E-state index in [0.717, 1.165) is 11.4 Å². The summed E-state index contributed by atoms with van der Waals surface area (Å²) in [6.07, 6.45) is 0. The van der Waals surface area contributed by atoms with Crippen LogP contribution >= 0.6 is 0 Å². The number of H-pyrrole nitrogens is 2. The fraction of sp³-hybridized carbons (Fsp3) is 0.562. The lowest BCUT2D eigenvalue weighted by atomic mass is 9.92. The highest BCUT2D eigenvalue weighted by Gasteiger charge is 2.17. The monoisotopic (exact) mass is 319 g/mol. The zero-order chi connectivity index (χ0) is 17.2. The van der Waals surface area contributed by atoms with Gasteiger partial charge in [0.25, 0.3) is 5.56 Å². The van der Waals surface area contributed by atoms with Crippen molar-refractivity contribution in [2.24, 2.45) is 0 Å². The zero-order valence-electron chi connectivity index (χ0n) is 14.4. The Bertz CT molecular complexity index is 747. The van der Waals surface area contributed by atoms with Crippen molar-refractivity contribution in [1.29, 1.82) is 0 Å². The van der Waals surface area contributed by atoms with Crippen molar-refractivity contribution >= 4 is 0 Å². The topological polar surface area (TPSA) is 86.8 Å². The Balaban J connectivity index is 1.98. The van der Waals surface area contributed by atoms with Gasteiger partial charge in [-0.2, -0.15) is 5.10 Å². The molecule has 0 aliphatic heterocycles. The predicted octanol–water partition coefficient (Wildman–Crippen LogP) is 0.998. The second-order valence-corrected chi connectivity index (χ2v) is 7.01. The number of hydrogen-bond donors (Lipinski definition) is 2.